The molecule has 0 aromatic carbocycles. The molecule has 10 heteroatoms. The van der Waals surface area contributed by atoms with Crippen LogP contribution in [0.2, 0.25) is 0 Å². The van der Waals surface area contributed by atoms with E-state index in [2.05, 4.69) is 25.9 Å². The monoisotopic (exact) mass is 390 g/mol. The number of aromatic amines is 1. The van der Waals surface area contributed by atoms with Crippen molar-refractivity contribution in [2.24, 2.45) is 7.05 Å². The van der Waals surface area contributed by atoms with Crippen molar-refractivity contribution in [1.29, 1.82) is 0 Å². The fourth-order valence-corrected chi connectivity index (χ4v) is 2.98. The first-order chi connectivity index (χ1) is 13.4. The predicted molar refractivity (Wildman–Crippen MR) is 101 cm³/mol. The zero-order chi connectivity index (χ0) is 20.3. The van der Waals surface area contributed by atoms with Crippen LogP contribution >= 0.6 is 0 Å². The van der Waals surface area contributed by atoms with Crippen LogP contribution in [0.1, 0.15) is 55.2 Å². The largest absolute Gasteiger partial charge is 0.444 e. The van der Waals surface area contributed by atoms with E-state index in [1.807, 2.05) is 20.8 Å². The van der Waals surface area contributed by atoms with E-state index < -0.39 is 6.09 Å². The molecule has 0 aliphatic carbocycles. The number of ether oxygens (including phenoxy) is 2. The van der Waals surface area contributed by atoms with Gasteiger partial charge in [0.05, 0.1) is 18.0 Å². The van der Waals surface area contributed by atoms with E-state index in [0.29, 0.717) is 30.2 Å². The Bertz CT molecular complexity index is 843. The first kappa shape index (κ1) is 19.9. The first-order valence-corrected chi connectivity index (χ1v) is 9.34. The Morgan fingerprint density at radius 1 is 1.43 bits per heavy atom. The van der Waals surface area contributed by atoms with Crippen molar-refractivity contribution in [1.82, 2.24) is 25.3 Å². The van der Waals surface area contributed by atoms with Gasteiger partial charge in [-0.3, -0.25) is 14.6 Å². The zero-order valence-electron chi connectivity index (χ0n) is 16.5. The average molecular weight is 390 g/mol. The maximum absolute atomic E-state index is 12.4. The van der Waals surface area contributed by atoms with Gasteiger partial charge in [-0.25, -0.2) is 4.79 Å². The fraction of sp³-hybridized carbons (Fsp3) is 0.556. The molecular weight excluding hydrogens is 364 g/mol. The zero-order valence-corrected chi connectivity index (χ0v) is 16.5. The Labute approximate surface area is 163 Å². The summed E-state index contributed by atoms with van der Waals surface area (Å²) in [5.74, 6) is 0.108. The van der Waals surface area contributed by atoms with Gasteiger partial charge in [-0.2, -0.15) is 10.2 Å². The van der Waals surface area contributed by atoms with Gasteiger partial charge >= 0.3 is 6.09 Å². The number of alkyl carbamates (subject to hydrolysis) is 1. The van der Waals surface area contributed by atoms with E-state index in [4.69, 9.17) is 9.47 Å². The minimum absolute atomic E-state index is 0.0113. The van der Waals surface area contributed by atoms with Gasteiger partial charge in [-0.05, 0) is 26.3 Å². The van der Waals surface area contributed by atoms with Crippen molar-refractivity contribution in [3.63, 3.8) is 0 Å². The van der Waals surface area contributed by atoms with Crippen LogP contribution in [0.25, 0.3) is 0 Å². The van der Waals surface area contributed by atoms with Gasteiger partial charge < -0.3 is 20.1 Å². The third kappa shape index (κ3) is 4.69. The molecule has 0 saturated carbocycles. The molecule has 1 aliphatic rings. The number of nitrogens with zero attached hydrogens (tertiary/aromatic N) is 3. The van der Waals surface area contributed by atoms with Gasteiger partial charge in [0.25, 0.3) is 5.91 Å². The average Bonchev–Trinajstić information content (AvgIpc) is 3.33. The van der Waals surface area contributed by atoms with Gasteiger partial charge in [-0.1, -0.05) is 6.92 Å². The summed E-state index contributed by atoms with van der Waals surface area (Å²) in [6.07, 6.45) is 0.211. The molecule has 28 heavy (non-hydrogen) atoms. The van der Waals surface area contributed by atoms with Gasteiger partial charge in [0, 0.05) is 25.6 Å². The molecule has 1 aliphatic heterocycles. The van der Waals surface area contributed by atoms with Crippen molar-refractivity contribution >= 4 is 17.8 Å². The van der Waals surface area contributed by atoms with Gasteiger partial charge in [0.2, 0.25) is 0 Å². The summed E-state index contributed by atoms with van der Waals surface area (Å²) in [6, 6.07) is 3.49. The van der Waals surface area contributed by atoms with Crippen molar-refractivity contribution in [3.8, 4) is 0 Å². The third-order valence-electron chi connectivity index (χ3n) is 4.35. The van der Waals surface area contributed by atoms with Crippen LogP contribution in [0.4, 0.5) is 10.6 Å². The molecule has 1 saturated heterocycles. The van der Waals surface area contributed by atoms with Gasteiger partial charge in [0.15, 0.2) is 5.82 Å². The molecule has 0 spiro atoms. The predicted octanol–water partition coefficient (Wildman–Crippen LogP) is 1.92. The summed E-state index contributed by atoms with van der Waals surface area (Å²) in [7, 11) is 1.73. The molecule has 3 rings (SSSR count). The number of H-pyrrole nitrogens is 1. The number of nitrogens with one attached hydrogen (secondary N) is 3. The Morgan fingerprint density at radius 2 is 2.21 bits per heavy atom. The lowest BCUT2D eigenvalue weighted by Gasteiger charge is -2.13. The molecule has 0 bridgehead atoms. The number of hydrogen-bond donors (Lipinski definition) is 3. The van der Waals surface area contributed by atoms with Crippen molar-refractivity contribution < 1.29 is 19.1 Å². The Balaban J connectivity index is 1.56. The highest BCUT2D eigenvalue weighted by atomic mass is 16.6. The van der Waals surface area contributed by atoms with Crippen LogP contribution in [0.15, 0.2) is 12.1 Å². The fourth-order valence-electron chi connectivity index (χ4n) is 2.98. The van der Waals surface area contributed by atoms with E-state index in [1.54, 1.807) is 23.9 Å². The quantitative estimate of drug-likeness (QED) is 0.692. The van der Waals surface area contributed by atoms with Gasteiger partial charge in [0.1, 0.15) is 17.9 Å². The number of amides is 2. The highest BCUT2D eigenvalue weighted by Crippen LogP contribution is 2.30. The second kappa shape index (κ2) is 8.42. The second-order valence-corrected chi connectivity index (χ2v) is 7.04. The summed E-state index contributed by atoms with van der Waals surface area (Å²) in [5.41, 5.74) is 2.02. The van der Waals surface area contributed by atoms with E-state index in [1.165, 1.54) is 0 Å². The maximum Gasteiger partial charge on any atom is 0.407 e. The highest BCUT2D eigenvalue weighted by molar-refractivity contribution is 6.02. The Hall–Kier alpha value is -2.88. The summed E-state index contributed by atoms with van der Waals surface area (Å²) in [5, 5.41) is 16.7. The molecule has 2 atom stereocenters. The van der Waals surface area contributed by atoms with Crippen molar-refractivity contribution in [2.75, 3.05) is 11.9 Å². The Morgan fingerprint density at radius 3 is 2.89 bits per heavy atom. The topological polar surface area (TPSA) is 123 Å². The van der Waals surface area contributed by atoms with E-state index >= 15 is 0 Å². The van der Waals surface area contributed by atoms with Crippen LogP contribution < -0.4 is 10.6 Å². The summed E-state index contributed by atoms with van der Waals surface area (Å²) >= 11 is 0. The summed E-state index contributed by atoms with van der Waals surface area (Å²) < 4.78 is 12.6. The molecule has 2 aromatic rings. The van der Waals surface area contributed by atoms with E-state index in [-0.39, 0.29) is 24.2 Å². The number of carbonyl (C=O) groups excluding carboxylic acids is 2. The molecule has 0 radical (unpaired) electrons. The minimum Gasteiger partial charge on any atom is -0.444 e. The van der Waals surface area contributed by atoms with Crippen LogP contribution in [-0.2, 0) is 22.9 Å². The number of aromatic nitrogens is 4. The maximum atomic E-state index is 12.4. The lowest BCUT2D eigenvalue weighted by atomic mass is 10.1. The highest BCUT2D eigenvalue weighted by Gasteiger charge is 2.31. The number of aryl methyl sites for hydroxylation is 2. The van der Waals surface area contributed by atoms with Crippen molar-refractivity contribution in [3.05, 3.63) is 29.2 Å². The van der Waals surface area contributed by atoms with Crippen LogP contribution in [0, 0.1) is 0 Å². The number of rotatable bonds is 6. The van der Waals surface area contributed by atoms with Crippen LogP contribution in [0.5, 0.6) is 0 Å². The smallest absolute Gasteiger partial charge is 0.407 e. The van der Waals surface area contributed by atoms with Crippen LogP contribution in [-0.4, -0.2) is 50.7 Å². The molecule has 3 heterocycles. The lowest BCUT2D eigenvalue weighted by molar-refractivity contribution is 0.0682. The Kier molecular flexibility index (Phi) is 5.98. The number of anilines is 1. The van der Waals surface area contributed by atoms with E-state index in [9.17, 15) is 9.59 Å². The second-order valence-electron chi connectivity index (χ2n) is 7.04. The normalized spacial score (nSPS) is 19.0. The number of carbonyl (C=O) groups is 2. The van der Waals surface area contributed by atoms with Gasteiger partial charge in [-0.15, -0.1) is 0 Å². The standard InChI is InChI=1S/C18H26N6O4/c1-5-11-6-14(24(4)23-11)17(25)20-16-8-13(21-22-16)15-7-12(9-27-15)28-18(26)19-10(2)3/h6,8,10,12,15H,5,7,9H2,1-4H3,(H,19,26)(H2,20,21,22,25)/t12-,15-/m1/s1. The van der Waals surface area contributed by atoms with Crippen molar-refractivity contribution in [2.45, 2.75) is 51.9 Å². The molecule has 0 unspecified atom stereocenters. The summed E-state index contributed by atoms with van der Waals surface area (Å²) in [4.78, 5) is 24.1. The lowest BCUT2D eigenvalue weighted by Crippen LogP contribution is -2.33. The number of hydrogen-bond acceptors (Lipinski definition) is 6. The van der Waals surface area contributed by atoms with Crippen LogP contribution in [0.3, 0.4) is 0 Å². The molecular formula is C18H26N6O4. The molecule has 152 valence electrons. The van der Waals surface area contributed by atoms with E-state index in [0.717, 1.165) is 12.1 Å². The molecule has 3 N–H and O–H groups in total. The summed E-state index contributed by atoms with van der Waals surface area (Å²) in [6.45, 7) is 6.02. The first-order valence-electron chi connectivity index (χ1n) is 9.34. The SMILES string of the molecule is CCc1cc(C(=O)Nc2cc([C@H]3C[C@@H](OC(=O)NC(C)C)CO3)[nH]n2)n(C)n1. The minimum atomic E-state index is -0.454. The molecule has 2 aromatic heterocycles. The molecule has 10 nitrogen and oxygen atoms in total. The molecule has 2 amide bonds. The molecule has 1 fully saturated rings. The third-order valence-corrected chi connectivity index (χ3v) is 4.35.